The summed E-state index contributed by atoms with van der Waals surface area (Å²) >= 11 is 6.23. The molecular formula is C45H48ClFN6O7S. The van der Waals surface area contributed by atoms with Gasteiger partial charge in [-0.1, -0.05) is 43.2 Å². The molecule has 0 radical (unpaired) electrons. The van der Waals surface area contributed by atoms with Crippen LogP contribution in [0.15, 0.2) is 95.5 Å². The molecule has 0 saturated carbocycles. The SMILES string of the molecule is CC1(C)CCC(CN2CCN(c3ccc(C(=O)NS(=O)(=O)c4ccc(NCC5CCOC5)c([N+](=O)[O-])c4)c(Oc4cc5cc[nH]c5cc4F)c3)CC2)=C(c2ccc(Cl)cc2)C1. The number of aromatic nitrogens is 1. The lowest BCUT2D eigenvalue weighted by Gasteiger charge is -2.39. The van der Waals surface area contributed by atoms with E-state index in [-0.39, 0.29) is 34.1 Å². The van der Waals surface area contributed by atoms with E-state index in [1.807, 2.05) is 16.9 Å². The van der Waals surface area contributed by atoms with Gasteiger partial charge >= 0.3 is 0 Å². The molecule has 5 aromatic rings. The van der Waals surface area contributed by atoms with E-state index in [0.717, 1.165) is 51.4 Å². The van der Waals surface area contributed by atoms with Crippen molar-refractivity contribution in [1.82, 2.24) is 14.6 Å². The molecule has 1 aliphatic carbocycles. The van der Waals surface area contributed by atoms with Gasteiger partial charge in [0.05, 0.1) is 22.0 Å². The van der Waals surface area contributed by atoms with Gasteiger partial charge < -0.3 is 24.7 Å². The summed E-state index contributed by atoms with van der Waals surface area (Å²) < 4.78 is 56.2. The van der Waals surface area contributed by atoms with Crippen molar-refractivity contribution in [1.29, 1.82) is 0 Å². The molecule has 0 spiro atoms. The number of anilines is 2. The Balaban J connectivity index is 1.02. The van der Waals surface area contributed by atoms with Crippen LogP contribution in [0.1, 0.15) is 55.5 Å². The third kappa shape index (κ3) is 9.70. The third-order valence-electron chi connectivity index (χ3n) is 11.9. The van der Waals surface area contributed by atoms with Gasteiger partial charge in [-0.05, 0) is 90.8 Å². The molecule has 1 unspecified atom stereocenters. The topological polar surface area (TPSA) is 159 Å². The van der Waals surface area contributed by atoms with Gasteiger partial charge in [0.2, 0.25) is 0 Å². The average molecular weight is 871 g/mol. The fourth-order valence-electron chi connectivity index (χ4n) is 8.34. The number of halogens is 2. The fraction of sp³-hybridized carbons (Fsp3) is 0.356. The fourth-order valence-corrected chi connectivity index (χ4v) is 9.45. The van der Waals surface area contributed by atoms with Crippen LogP contribution >= 0.6 is 11.6 Å². The van der Waals surface area contributed by atoms with Crippen LogP contribution in [-0.2, 0) is 14.8 Å². The summed E-state index contributed by atoms with van der Waals surface area (Å²) in [4.78, 5) is 32.3. The number of nitro benzene ring substituents is 1. The Bertz CT molecular complexity index is 2600. The number of aromatic amines is 1. The Morgan fingerprint density at radius 1 is 1.03 bits per heavy atom. The molecule has 2 fully saturated rings. The van der Waals surface area contributed by atoms with Gasteiger partial charge in [0.1, 0.15) is 11.4 Å². The Morgan fingerprint density at radius 3 is 2.56 bits per heavy atom. The second kappa shape index (κ2) is 17.5. The van der Waals surface area contributed by atoms with Crippen LogP contribution in [0.4, 0.5) is 21.5 Å². The van der Waals surface area contributed by atoms with Crippen LogP contribution in [0.2, 0.25) is 5.02 Å². The number of piperazine rings is 1. The van der Waals surface area contributed by atoms with E-state index in [1.54, 1.807) is 24.4 Å². The maximum atomic E-state index is 15.4. The first-order valence-electron chi connectivity index (χ1n) is 20.4. The minimum atomic E-state index is -4.62. The van der Waals surface area contributed by atoms with E-state index in [4.69, 9.17) is 21.1 Å². The van der Waals surface area contributed by atoms with Gasteiger partial charge in [-0.3, -0.25) is 19.8 Å². The first-order chi connectivity index (χ1) is 29.2. The predicted molar refractivity (Wildman–Crippen MR) is 235 cm³/mol. The number of H-pyrrole nitrogens is 1. The minimum Gasteiger partial charge on any atom is -0.453 e. The second-order valence-electron chi connectivity index (χ2n) is 16.8. The van der Waals surface area contributed by atoms with Crippen molar-refractivity contribution < 1.29 is 32.0 Å². The molecule has 13 nitrogen and oxygen atoms in total. The lowest BCUT2D eigenvalue weighted by atomic mass is 9.72. The quantitative estimate of drug-likeness (QED) is 0.0770. The standard InChI is InChI=1S/C45H48ClFN6O7S/c1-45(2)14-11-32(37(25-45)30-3-5-33(46)6-4-30)27-51-16-18-52(19-17-51)34-7-9-36(42(22-34)60-43-21-31-12-15-48-40(31)24-38(43)47)44(54)50-61(57,58)35-8-10-39(41(23-35)53(55)56)49-26-29-13-20-59-28-29/h3-10,12,15,21-24,29,48-49H,11,13-14,16-20,25-28H2,1-2H3,(H,50,54). The Hall–Kier alpha value is -5.48. The molecule has 1 atom stereocenters. The number of nitrogens with zero attached hydrogens (tertiary/aromatic N) is 3. The van der Waals surface area contributed by atoms with Crippen molar-refractivity contribution in [3.8, 4) is 11.5 Å². The van der Waals surface area contributed by atoms with E-state index >= 15 is 4.39 Å². The molecule has 3 N–H and O–H groups in total. The third-order valence-corrected chi connectivity index (χ3v) is 13.5. The molecule has 16 heteroatoms. The number of rotatable bonds is 13. The van der Waals surface area contributed by atoms with Gasteiger partial charge in [0.15, 0.2) is 11.6 Å². The average Bonchev–Trinajstić information content (AvgIpc) is 3.93. The molecule has 8 rings (SSSR count). The number of hydrogen-bond donors (Lipinski definition) is 3. The summed E-state index contributed by atoms with van der Waals surface area (Å²) in [7, 11) is -4.62. The largest absolute Gasteiger partial charge is 0.453 e. The van der Waals surface area contributed by atoms with Crippen LogP contribution in [0.5, 0.6) is 11.5 Å². The van der Waals surface area contributed by atoms with E-state index in [2.05, 4.69) is 46.1 Å². The summed E-state index contributed by atoms with van der Waals surface area (Å²) in [6, 6.07) is 20.8. The van der Waals surface area contributed by atoms with Gasteiger partial charge in [-0.25, -0.2) is 17.5 Å². The molecule has 320 valence electrons. The van der Waals surface area contributed by atoms with Gasteiger partial charge in [0, 0.05) is 97.8 Å². The van der Waals surface area contributed by atoms with Crippen molar-refractivity contribution in [3.05, 3.63) is 123 Å². The zero-order valence-electron chi connectivity index (χ0n) is 34.0. The van der Waals surface area contributed by atoms with Crippen molar-refractivity contribution in [2.45, 2.75) is 44.4 Å². The number of ether oxygens (including phenoxy) is 2. The molecule has 1 aromatic heterocycles. The van der Waals surface area contributed by atoms with Crippen molar-refractivity contribution in [2.24, 2.45) is 11.3 Å². The predicted octanol–water partition coefficient (Wildman–Crippen LogP) is 9.01. The number of nitrogens with one attached hydrogen (secondary N) is 3. The highest BCUT2D eigenvalue weighted by Crippen LogP contribution is 2.43. The van der Waals surface area contributed by atoms with Crippen LogP contribution in [0, 0.1) is 27.3 Å². The number of hydrogen-bond acceptors (Lipinski definition) is 10. The number of fused-ring (bicyclic) bond motifs is 1. The smallest absolute Gasteiger partial charge is 0.293 e. The normalized spacial score (nSPS) is 18.4. The van der Waals surface area contributed by atoms with Crippen molar-refractivity contribution in [2.75, 3.05) is 62.7 Å². The number of benzene rings is 4. The van der Waals surface area contributed by atoms with Gasteiger partial charge in [0.25, 0.3) is 21.6 Å². The summed E-state index contributed by atoms with van der Waals surface area (Å²) in [5.41, 5.74) is 5.01. The monoisotopic (exact) mass is 870 g/mol. The Labute approximate surface area is 359 Å². The number of allylic oxidation sites excluding steroid dienone is 1. The molecule has 2 aliphatic heterocycles. The van der Waals surface area contributed by atoms with Gasteiger partial charge in [-0.2, -0.15) is 0 Å². The van der Waals surface area contributed by atoms with Crippen LogP contribution in [0.3, 0.4) is 0 Å². The Morgan fingerprint density at radius 2 is 1.82 bits per heavy atom. The molecule has 0 bridgehead atoms. The molecule has 2 saturated heterocycles. The first kappa shape index (κ1) is 42.2. The van der Waals surface area contributed by atoms with E-state index < -0.39 is 37.3 Å². The lowest BCUT2D eigenvalue weighted by molar-refractivity contribution is -0.384. The molecule has 1 amide bonds. The number of amides is 1. The number of carbonyl (C=O) groups is 1. The lowest BCUT2D eigenvalue weighted by Crippen LogP contribution is -2.47. The first-order valence-corrected chi connectivity index (χ1v) is 22.3. The van der Waals surface area contributed by atoms with E-state index in [9.17, 15) is 23.3 Å². The zero-order valence-corrected chi connectivity index (χ0v) is 35.6. The number of nitro groups is 1. The molecule has 3 heterocycles. The molecule has 4 aromatic carbocycles. The maximum Gasteiger partial charge on any atom is 0.293 e. The minimum absolute atomic E-state index is 0.0644. The number of sulfonamides is 1. The van der Waals surface area contributed by atoms with Gasteiger partial charge in [-0.15, -0.1) is 0 Å². The van der Waals surface area contributed by atoms with E-state index in [0.29, 0.717) is 54.5 Å². The second-order valence-corrected chi connectivity index (χ2v) is 18.9. The molecular weight excluding hydrogens is 823 g/mol. The Kier molecular flexibility index (Phi) is 12.1. The summed E-state index contributed by atoms with van der Waals surface area (Å²) in [6.07, 6.45) is 5.60. The highest BCUT2D eigenvalue weighted by Gasteiger charge is 2.31. The van der Waals surface area contributed by atoms with Crippen molar-refractivity contribution >= 4 is 61.1 Å². The summed E-state index contributed by atoms with van der Waals surface area (Å²) in [5.74, 6) is -1.80. The summed E-state index contributed by atoms with van der Waals surface area (Å²) in [5, 5.41) is 16.4. The van der Waals surface area contributed by atoms with Crippen LogP contribution in [-0.4, -0.2) is 81.6 Å². The number of carbonyl (C=O) groups excluding carboxylic acids is 1. The van der Waals surface area contributed by atoms with Crippen LogP contribution in [0.25, 0.3) is 16.5 Å². The molecule has 61 heavy (non-hydrogen) atoms. The van der Waals surface area contributed by atoms with E-state index in [1.165, 1.54) is 47.0 Å². The summed E-state index contributed by atoms with van der Waals surface area (Å²) in [6.45, 7) is 9.90. The van der Waals surface area contributed by atoms with Crippen molar-refractivity contribution in [3.63, 3.8) is 0 Å². The molecule has 3 aliphatic rings. The van der Waals surface area contributed by atoms with Crippen LogP contribution < -0.4 is 19.7 Å². The highest BCUT2D eigenvalue weighted by atomic mass is 35.5. The highest BCUT2D eigenvalue weighted by molar-refractivity contribution is 7.90. The maximum absolute atomic E-state index is 15.4. The zero-order chi connectivity index (χ0) is 42.9.